The molecule has 4 nitrogen and oxygen atoms in total. The molecule has 1 saturated carbocycles. The number of carbonyl (C=O) groups is 1. The first kappa shape index (κ1) is 20.8. The van der Waals surface area contributed by atoms with Crippen molar-refractivity contribution in [1.82, 2.24) is 10.3 Å². The number of aromatic nitrogens is 1. The van der Waals surface area contributed by atoms with Crippen molar-refractivity contribution in [3.63, 3.8) is 0 Å². The second-order valence-electron chi connectivity index (χ2n) is 5.60. The van der Waals surface area contributed by atoms with E-state index in [0.717, 1.165) is 25.7 Å². The number of nitrogens with zero attached hydrogens (tertiary/aromatic N) is 1. The van der Waals surface area contributed by atoms with E-state index in [9.17, 15) is 9.18 Å². The summed E-state index contributed by atoms with van der Waals surface area (Å²) in [5, 5.41) is 5.19. The molecular formula is C16H20Cl2FN3OS. The van der Waals surface area contributed by atoms with E-state index in [4.69, 9.17) is 5.73 Å². The summed E-state index contributed by atoms with van der Waals surface area (Å²) in [5.74, 6) is -0.524. The molecule has 24 heavy (non-hydrogen) atoms. The van der Waals surface area contributed by atoms with E-state index in [1.54, 1.807) is 23.6 Å². The van der Waals surface area contributed by atoms with Crippen molar-refractivity contribution in [1.29, 1.82) is 0 Å². The Morgan fingerprint density at radius 2 is 1.88 bits per heavy atom. The smallest absolute Gasteiger partial charge is 0.270 e. The van der Waals surface area contributed by atoms with Crippen molar-refractivity contribution in [2.75, 3.05) is 0 Å². The zero-order valence-corrected chi connectivity index (χ0v) is 15.4. The number of hydrogen-bond acceptors (Lipinski definition) is 4. The van der Waals surface area contributed by atoms with E-state index in [1.165, 1.54) is 17.4 Å². The average Bonchev–Trinajstić information content (AvgIpc) is 3.00. The topological polar surface area (TPSA) is 68.0 Å². The lowest BCUT2D eigenvalue weighted by atomic mass is 9.92. The van der Waals surface area contributed by atoms with Crippen LogP contribution in [0.25, 0.3) is 10.6 Å². The maximum atomic E-state index is 13.7. The largest absolute Gasteiger partial charge is 0.348 e. The highest BCUT2D eigenvalue weighted by molar-refractivity contribution is 7.13. The van der Waals surface area contributed by atoms with Crippen molar-refractivity contribution >= 4 is 42.1 Å². The predicted octanol–water partition coefficient (Wildman–Crippen LogP) is 3.79. The van der Waals surface area contributed by atoms with E-state index >= 15 is 0 Å². The van der Waals surface area contributed by atoms with Gasteiger partial charge >= 0.3 is 0 Å². The van der Waals surface area contributed by atoms with Crippen LogP contribution in [0.3, 0.4) is 0 Å². The molecule has 1 aromatic heterocycles. The Bertz CT molecular complexity index is 675. The number of nitrogens with one attached hydrogen (secondary N) is 1. The van der Waals surface area contributed by atoms with Gasteiger partial charge in [0, 0.05) is 23.0 Å². The number of thiazole rings is 1. The van der Waals surface area contributed by atoms with Crippen LogP contribution in [0.15, 0.2) is 29.6 Å². The fourth-order valence-corrected chi connectivity index (χ4v) is 3.49. The average molecular weight is 392 g/mol. The summed E-state index contributed by atoms with van der Waals surface area (Å²) in [6.45, 7) is 0. The third-order valence-corrected chi connectivity index (χ3v) is 4.82. The second kappa shape index (κ2) is 9.32. The molecule has 1 aliphatic carbocycles. The molecule has 0 radical (unpaired) electrons. The van der Waals surface area contributed by atoms with E-state index in [0.29, 0.717) is 16.3 Å². The van der Waals surface area contributed by atoms with Gasteiger partial charge in [0.05, 0.1) is 0 Å². The van der Waals surface area contributed by atoms with Crippen LogP contribution in [0, 0.1) is 5.82 Å². The summed E-state index contributed by atoms with van der Waals surface area (Å²) in [6, 6.07) is 6.85. The monoisotopic (exact) mass is 391 g/mol. The van der Waals surface area contributed by atoms with Gasteiger partial charge in [0.25, 0.3) is 5.91 Å². The van der Waals surface area contributed by atoms with Crippen LogP contribution in [0.1, 0.15) is 36.2 Å². The molecule has 1 heterocycles. The zero-order valence-electron chi connectivity index (χ0n) is 12.9. The van der Waals surface area contributed by atoms with Crippen LogP contribution < -0.4 is 11.1 Å². The van der Waals surface area contributed by atoms with Crippen LogP contribution in [0.5, 0.6) is 0 Å². The van der Waals surface area contributed by atoms with Gasteiger partial charge in [-0.3, -0.25) is 4.79 Å². The lowest BCUT2D eigenvalue weighted by molar-refractivity contribution is 0.0921. The molecule has 132 valence electrons. The number of carbonyl (C=O) groups excluding carboxylic acids is 1. The molecule has 0 unspecified atom stereocenters. The number of rotatable bonds is 3. The number of benzene rings is 1. The maximum absolute atomic E-state index is 13.7. The Morgan fingerprint density at radius 1 is 1.21 bits per heavy atom. The van der Waals surface area contributed by atoms with Gasteiger partial charge in [0.2, 0.25) is 0 Å². The third-order valence-electron chi connectivity index (χ3n) is 3.95. The summed E-state index contributed by atoms with van der Waals surface area (Å²) in [4.78, 5) is 16.5. The van der Waals surface area contributed by atoms with Gasteiger partial charge in [-0.25, -0.2) is 9.37 Å². The molecule has 1 fully saturated rings. The Kier molecular flexibility index (Phi) is 8.09. The highest BCUT2D eigenvalue weighted by Gasteiger charge is 2.22. The maximum Gasteiger partial charge on any atom is 0.270 e. The molecule has 0 atom stereocenters. The molecule has 0 saturated heterocycles. The van der Waals surface area contributed by atoms with Crippen molar-refractivity contribution < 1.29 is 9.18 Å². The minimum absolute atomic E-state index is 0. The summed E-state index contributed by atoms with van der Waals surface area (Å²) >= 11 is 1.28. The minimum Gasteiger partial charge on any atom is -0.348 e. The standard InChI is InChI=1S/C16H18FN3OS.2ClH/c17-13-4-2-1-3-12(13)16-20-14(9-22-16)15(21)19-11-7-5-10(18)6-8-11;;/h1-4,9-11H,5-8,18H2,(H,19,21);2*1H. The van der Waals surface area contributed by atoms with Crippen molar-refractivity contribution in [2.45, 2.75) is 37.8 Å². The zero-order chi connectivity index (χ0) is 15.5. The third kappa shape index (κ3) is 4.89. The van der Waals surface area contributed by atoms with E-state index in [2.05, 4.69) is 10.3 Å². The van der Waals surface area contributed by atoms with E-state index < -0.39 is 0 Å². The molecule has 1 aromatic carbocycles. The lowest BCUT2D eigenvalue weighted by Crippen LogP contribution is -2.40. The van der Waals surface area contributed by atoms with Gasteiger partial charge in [-0.1, -0.05) is 12.1 Å². The number of hydrogen-bond donors (Lipinski definition) is 2. The van der Waals surface area contributed by atoms with Gasteiger partial charge in [-0.05, 0) is 37.8 Å². The van der Waals surface area contributed by atoms with E-state index in [1.807, 2.05) is 0 Å². The molecule has 3 rings (SSSR count). The molecule has 3 N–H and O–H groups in total. The van der Waals surface area contributed by atoms with Crippen LogP contribution in [-0.4, -0.2) is 23.0 Å². The Hall–Kier alpha value is -1.21. The number of amides is 1. The Labute approximate surface area is 156 Å². The fraction of sp³-hybridized carbons (Fsp3) is 0.375. The second-order valence-corrected chi connectivity index (χ2v) is 6.46. The Morgan fingerprint density at radius 3 is 2.54 bits per heavy atom. The first-order valence-electron chi connectivity index (χ1n) is 7.40. The quantitative estimate of drug-likeness (QED) is 0.835. The molecule has 8 heteroatoms. The van der Waals surface area contributed by atoms with Gasteiger partial charge in [0.15, 0.2) is 0 Å². The van der Waals surface area contributed by atoms with Gasteiger partial charge in [-0.15, -0.1) is 36.2 Å². The molecule has 1 aliphatic rings. The summed E-state index contributed by atoms with van der Waals surface area (Å²) in [7, 11) is 0. The predicted molar refractivity (Wildman–Crippen MR) is 99.7 cm³/mol. The Balaban J connectivity index is 0.00000144. The minimum atomic E-state index is -0.329. The SMILES string of the molecule is Cl.Cl.NC1CCC(NC(=O)c2csc(-c3ccccc3F)n2)CC1. The van der Waals surface area contributed by atoms with Gasteiger partial charge in [-0.2, -0.15) is 0 Å². The van der Waals surface area contributed by atoms with Gasteiger partial charge in [0.1, 0.15) is 16.5 Å². The normalized spacial score (nSPS) is 19.8. The van der Waals surface area contributed by atoms with Gasteiger partial charge < -0.3 is 11.1 Å². The highest BCUT2D eigenvalue weighted by atomic mass is 35.5. The summed E-state index contributed by atoms with van der Waals surface area (Å²) in [5.41, 5.74) is 6.63. The fourth-order valence-electron chi connectivity index (χ4n) is 2.66. The molecule has 0 aliphatic heterocycles. The molecule has 1 amide bonds. The van der Waals surface area contributed by atoms with Crippen LogP contribution in [-0.2, 0) is 0 Å². The van der Waals surface area contributed by atoms with Crippen LogP contribution >= 0.6 is 36.2 Å². The van der Waals surface area contributed by atoms with Crippen LogP contribution in [0.4, 0.5) is 4.39 Å². The molecule has 0 spiro atoms. The van der Waals surface area contributed by atoms with Crippen molar-refractivity contribution in [2.24, 2.45) is 5.73 Å². The van der Waals surface area contributed by atoms with Crippen molar-refractivity contribution in [3.8, 4) is 10.6 Å². The van der Waals surface area contributed by atoms with Crippen LogP contribution in [0.2, 0.25) is 0 Å². The highest BCUT2D eigenvalue weighted by Crippen LogP contribution is 2.26. The lowest BCUT2D eigenvalue weighted by Gasteiger charge is -2.26. The van der Waals surface area contributed by atoms with E-state index in [-0.39, 0.29) is 48.6 Å². The summed E-state index contributed by atoms with van der Waals surface area (Å²) in [6.07, 6.45) is 3.67. The first-order chi connectivity index (χ1) is 10.6. The molecule has 2 aromatic rings. The van der Waals surface area contributed by atoms with Crippen molar-refractivity contribution in [3.05, 3.63) is 41.2 Å². The summed E-state index contributed by atoms with van der Waals surface area (Å²) < 4.78 is 13.7. The molecular weight excluding hydrogens is 372 g/mol. The number of nitrogens with two attached hydrogens (primary N) is 1. The first-order valence-corrected chi connectivity index (χ1v) is 8.28. The molecule has 0 bridgehead atoms. The number of halogens is 3.